The van der Waals surface area contributed by atoms with Crippen LogP contribution < -0.4 is 10.2 Å². The molecule has 1 fully saturated rings. The molecule has 150 valence electrons. The molecule has 0 radical (unpaired) electrons. The topological polar surface area (TPSA) is 119 Å². The van der Waals surface area contributed by atoms with E-state index in [4.69, 9.17) is 4.74 Å². The predicted octanol–water partition coefficient (Wildman–Crippen LogP) is 2.19. The van der Waals surface area contributed by atoms with E-state index in [0.29, 0.717) is 24.1 Å². The van der Waals surface area contributed by atoms with Crippen LogP contribution in [-0.4, -0.2) is 35.8 Å². The van der Waals surface area contributed by atoms with Crippen molar-refractivity contribution < 1.29 is 24.0 Å². The molecule has 29 heavy (non-hydrogen) atoms. The van der Waals surface area contributed by atoms with Crippen LogP contribution in [-0.2, 0) is 20.9 Å². The zero-order valence-electron chi connectivity index (χ0n) is 15.5. The van der Waals surface area contributed by atoms with Gasteiger partial charge in [-0.1, -0.05) is 0 Å². The lowest BCUT2D eigenvalue weighted by Gasteiger charge is -2.15. The van der Waals surface area contributed by atoms with Gasteiger partial charge in [0.25, 0.3) is 11.6 Å². The molecule has 0 unspecified atom stereocenters. The van der Waals surface area contributed by atoms with Crippen LogP contribution in [0.15, 0.2) is 48.5 Å². The summed E-state index contributed by atoms with van der Waals surface area (Å²) in [7, 11) is 0. The molecular formula is C20H19N3O6. The van der Waals surface area contributed by atoms with E-state index >= 15 is 0 Å². The standard InChI is InChI=1S/C20H19N3O6/c24-18-2-1-11-22(18)16-9-5-15(6-10-16)20(26)21-12-19(25)29-13-14-3-7-17(8-4-14)23(27)28/h3-10H,1-2,11-13H2,(H,21,26). The number of hydrogen-bond acceptors (Lipinski definition) is 6. The number of non-ortho nitro benzene ring substituents is 1. The number of ether oxygens (including phenoxy) is 1. The largest absolute Gasteiger partial charge is 0.460 e. The van der Waals surface area contributed by atoms with E-state index in [1.807, 2.05) is 0 Å². The Morgan fingerprint density at radius 1 is 1.10 bits per heavy atom. The van der Waals surface area contributed by atoms with Gasteiger partial charge in [-0.25, -0.2) is 0 Å². The lowest BCUT2D eigenvalue weighted by Crippen LogP contribution is -2.30. The van der Waals surface area contributed by atoms with Crippen molar-refractivity contribution in [3.05, 3.63) is 69.8 Å². The van der Waals surface area contributed by atoms with Gasteiger partial charge in [0.2, 0.25) is 5.91 Å². The van der Waals surface area contributed by atoms with Gasteiger partial charge >= 0.3 is 5.97 Å². The summed E-state index contributed by atoms with van der Waals surface area (Å²) in [6.45, 7) is 0.314. The Morgan fingerprint density at radius 2 is 1.79 bits per heavy atom. The molecular weight excluding hydrogens is 378 g/mol. The van der Waals surface area contributed by atoms with Gasteiger partial charge in [0.1, 0.15) is 13.2 Å². The highest BCUT2D eigenvalue weighted by Crippen LogP contribution is 2.21. The number of nitrogens with one attached hydrogen (secondary N) is 1. The molecule has 9 heteroatoms. The zero-order chi connectivity index (χ0) is 20.8. The van der Waals surface area contributed by atoms with Gasteiger partial charge in [-0.05, 0) is 48.4 Å². The van der Waals surface area contributed by atoms with Gasteiger partial charge in [-0.3, -0.25) is 24.5 Å². The van der Waals surface area contributed by atoms with Gasteiger partial charge in [0.05, 0.1) is 4.92 Å². The summed E-state index contributed by atoms with van der Waals surface area (Å²) in [5.74, 6) is -0.995. The third-order valence-corrected chi connectivity index (χ3v) is 4.45. The first-order valence-corrected chi connectivity index (χ1v) is 9.01. The summed E-state index contributed by atoms with van der Waals surface area (Å²) < 4.78 is 5.05. The molecule has 0 saturated carbocycles. The SMILES string of the molecule is O=C(CNC(=O)c1ccc(N2CCCC2=O)cc1)OCc1ccc([N+](=O)[O-])cc1. The van der Waals surface area contributed by atoms with Crippen LogP contribution in [0.1, 0.15) is 28.8 Å². The molecule has 2 amide bonds. The fourth-order valence-corrected chi connectivity index (χ4v) is 2.90. The van der Waals surface area contributed by atoms with E-state index in [-0.39, 0.29) is 24.7 Å². The summed E-state index contributed by atoms with van der Waals surface area (Å²) in [5, 5.41) is 13.1. The minimum atomic E-state index is -0.629. The number of anilines is 1. The number of rotatable bonds is 7. The maximum atomic E-state index is 12.2. The molecule has 0 spiro atoms. The van der Waals surface area contributed by atoms with Crippen molar-refractivity contribution in [2.45, 2.75) is 19.4 Å². The second-order valence-electron chi connectivity index (χ2n) is 6.46. The minimum Gasteiger partial charge on any atom is -0.460 e. The lowest BCUT2D eigenvalue weighted by atomic mass is 10.2. The summed E-state index contributed by atoms with van der Waals surface area (Å²) in [6.07, 6.45) is 1.35. The Bertz CT molecular complexity index is 924. The molecule has 2 aromatic rings. The fraction of sp³-hybridized carbons (Fsp3) is 0.250. The molecule has 0 atom stereocenters. The number of nitro benzene ring substituents is 1. The van der Waals surface area contributed by atoms with Crippen molar-refractivity contribution in [3.63, 3.8) is 0 Å². The van der Waals surface area contributed by atoms with Gasteiger partial charge in [0, 0.05) is 36.3 Å². The van der Waals surface area contributed by atoms with Crippen molar-refractivity contribution in [2.75, 3.05) is 18.0 Å². The Hall–Kier alpha value is -3.75. The third kappa shape index (κ3) is 5.16. The van der Waals surface area contributed by atoms with Gasteiger partial charge in [-0.15, -0.1) is 0 Å². The first kappa shape index (κ1) is 20.0. The Kier molecular flexibility index (Phi) is 6.18. The van der Waals surface area contributed by atoms with Crippen LogP contribution in [0.25, 0.3) is 0 Å². The number of amides is 2. The molecule has 1 aliphatic heterocycles. The average molecular weight is 397 g/mol. The average Bonchev–Trinajstić information content (AvgIpc) is 3.16. The summed E-state index contributed by atoms with van der Waals surface area (Å²) in [6, 6.07) is 12.2. The number of benzene rings is 2. The second-order valence-corrected chi connectivity index (χ2v) is 6.46. The summed E-state index contributed by atoms with van der Waals surface area (Å²) in [5.41, 5.74) is 1.66. The molecule has 0 aliphatic carbocycles. The third-order valence-electron chi connectivity index (χ3n) is 4.45. The minimum absolute atomic E-state index is 0.0487. The van der Waals surface area contributed by atoms with Crippen LogP contribution in [0.2, 0.25) is 0 Å². The van der Waals surface area contributed by atoms with Gasteiger partial charge in [0.15, 0.2) is 0 Å². The number of nitrogens with zero attached hydrogens (tertiary/aromatic N) is 2. The van der Waals surface area contributed by atoms with Gasteiger partial charge < -0.3 is 15.0 Å². The van der Waals surface area contributed by atoms with E-state index in [2.05, 4.69) is 5.32 Å². The number of hydrogen-bond donors (Lipinski definition) is 1. The fourth-order valence-electron chi connectivity index (χ4n) is 2.90. The van der Waals surface area contributed by atoms with Gasteiger partial charge in [-0.2, -0.15) is 0 Å². The second kappa shape index (κ2) is 8.96. The number of nitro groups is 1. The van der Waals surface area contributed by atoms with Crippen molar-refractivity contribution in [1.29, 1.82) is 0 Å². The summed E-state index contributed by atoms with van der Waals surface area (Å²) in [4.78, 5) is 47.5. The highest BCUT2D eigenvalue weighted by atomic mass is 16.6. The monoisotopic (exact) mass is 397 g/mol. The van der Waals surface area contributed by atoms with E-state index in [9.17, 15) is 24.5 Å². The maximum absolute atomic E-state index is 12.2. The normalized spacial score (nSPS) is 13.2. The first-order valence-electron chi connectivity index (χ1n) is 9.01. The summed E-state index contributed by atoms with van der Waals surface area (Å²) >= 11 is 0. The van der Waals surface area contributed by atoms with Crippen molar-refractivity contribution in [3.8, 4) is 0 Å². The van der Waals surface area contributed by atoms with Crippen LogP contribution in [0.5, 0.6) is 0 Å². The highest BCUT2D eigenvalue weighted by molar-refractivity contribution is 5.98. The molecule has 1 heterocycles. The van der Waals surface area contributed by atoms with Crippen molar-refractivity contribution >= 4 is 29.2 Å². The highest BCUT2D eigenvalue weighted by Gasteiger charge is 2.21. The van der Waals surface area contributed by atoms with E-state index in [1.54, 1.807) is 29.2 Å². The molecule has 0 bridgehead atoms. The molecule has 1 saturated heterocycles. The molecule has 3 rings (SSSR count). The predicted molar refractivity (Wildman–Crippen MR) is 103 cm³/mol. The van der Waals surface area contributed by atoms with Crippen LogP contribution >= 0.6 is 0 Å². The quantitative estimate of drug-likeness (QED) is 0.435. The number of carbonyl (C=O) groups excluding carboxylic acids is 3. The molecule has 0 aromatic heterocycles. The van der Waals surface area contributed by atoms with Crippen LogP contribution in [0.3, 0.4) is 0 Å². The number of carbonyl (C=O) groups is 3. The molecule has 1 N–H and O–H groups in total. The van der Waals surface area contributed by atoms with E-state index in [1.165, 1.54) is 24.3 Å². The maximum Gasteiger partial charge on any atom is 0.325 e. The number of esters is 1. The van der Waals surface area contributed by atoms with E-state index in [0.717, 1.165) is 12.1 Å². The van der Waals surface area contributed by atoms with Crippen molar-refractivity contribution in [2.24, 2.45) is 0 Å². The first-order chi connectivity index (χ1) is 13.9. The smallest absolute Gasteiger partial charge is 0.325 e. The Labute approximate surface area is 166 Å². The van der Waals surface area contributed by atoms with E-state index < -0.39 is 16.8 Å². The molecule has 2 aromatic carbocycles. The lowest BCUT2D eigenvalue weighted by molar-refractivity contribution is -0.384. The van der Waals surface area contributed by atoms with Crippen LogP contribution in [0.4, 0.5) is 11.4 Å². The van der Waals surface area contributed by atoms with Crippen LogP contribution in [0, 0.1) is 10.1 Å². The molecule has 9 nitrogen and oxygen atoms in total. The zero-order valence-corrected chi connectivity index (χ0v) is 15.5. The Morgan fingerprint density at radius 3 is 2.38 bits per heavy atom. The van der Waals surface area contributed by atoms with Crippen molar-refractivity contribution in [1.82, 2.24) is 5.32 Å². The molecule has 1 aliphatic rings. The Balaban J connectivity index is 1.45.